The number of urea groups is 1. The third-order valence-electron chi connectivity index (χ3n) is 9.93. The van der Waals surface area contributed by atoms with Crippen LogP contribution in [0.2, 0.25) is 0 Å². The summed E-state index contributed by atoms with van der Waals surface area (Å²) in [6.45, 7) is 10.2. The second-order valence-corrected chi connectivity index (χ2v) is 14.2. The molecule has 1 aliphatic carbocycles. The monoisotopic (exact) mass is 617 g/mol. The van der Waals surface area contributed by atoms with Crippen LogP contribution >= 0.6 is 0 Å². The minimum Gasteiger partial charge on any atom is -0.317 e. The van der Waals surface area contributed by atoms with Crippen LogP contribution in [0.3, 0.4) is 0 Å². The maximum absolute atomic E-state index is 15.1. The molecule has 1 saturated heterocycles. The van der Waals surface area contributed by atoms with E-state index in [1.165, 1.54) is 0 Å². The van der Waals surface area contributed by atoms with Crippen LogP contribution in [0.4, 0.5) is 16.3 Å². The van der Waals surface area contributed by atoms with Gasteiger partial charge >= 0.3 is 6.03 Å². The number of benzene rings is 3. The summed E-state index contributed by atoms with van der Waals surface area (Å²) in [7, 11) is 0. The van der Waals surface area contributed by atoms with Crippen molar-refractivity contribution in [3.05, 3.63) is 107 Å². The highest BCUT2D eigenvalue weighted by Crippen LogP contribution is 2.48. The number of carbonyl (C=O) groups is 2. The van der Waals surface area contributed by atoms with E-state index in [9.17, 15) is 4.79 Å². The number of carbonyl (C=O) groups excluding carboxylic acids is 2. The van der Waals surface area contributed by atoms with E-state index >= 15 is 4.79 Å². The number of aromatic nitrogens is 2. The third-order valence-corrected chi connectivity index (χ3v) is 9.93. The number of nitrogens with zero attached hydrogens (tertiary/aromatic N) is 2. The Kier molecular flexibility index (Phi) is 9.14. The van der Waals surface area contributed by atoms with Crippen molar-refractivity contribution in [1.29, 1.82) is 0 Å². The molecule has 1 atom stereocenters. The van der Waals surface area contributed by atoms with E-state index < -0.39 is 5.41 Å². The van der Waals surface area contributed by atoms with Crippen molar-refractivity contribution < 1.29 is 9.59 Å². The van der Waals surface area contributed by atoms with Crippen molar-refractivity contribution in [3.8, 4) is 5.69 Å². The van der Waals surface area contributed by atoms with Crippen molar-refractivity contribution >= 4 is 23.3 Å². The number of hydrogen-bond donors (Lipinski definition) is 3. The lowest BCUT2D eigenvalue weighted by molar-refractivity contribution is -0.127. The van der Waals surface area contributed by atoms with Gasteiger partial charge < -0.3 is 10.6 Å². The molecule has 2 heterocycles. The Morgan fingerprint density at radius 3 is 2.22 bits per heavy atom. The number of ketones is 1. The topological polar surface area (TPSA) is 88.1 Å². The van der Waals surface area contributed by atoms with Crippen molar-refractivity contribution in [2.75, 3.05) is 23.7 Å². The van der Waals surface area contributed by atoms with Gasteiger partial charge in [0.05, 0.1) is 16.8 Å². The SMILES string of the molecule is Cc1ccc(-n2nc(C(C)(C)C)cc2NC(=O)Nc2ccccc2C(C(=O)C2(c3ccccc3)CCCC2)C2CCNCC2)cc1. The molecule has 6 rings (SSSR count). The van der Waals surface area contributed by atoms with Gasteiger partial charge in [-0.25, -0.2) is 9.48 Å². The Labute approximate surface area is 273 Å². The van der Waals surface area contributed by atoms with Gasteiger partial charge in [0.25, 0.3) is 0 Å². The average molecular weight is 618 g/mol. The standard InChI is InChI=1S/C39H47N5O2/c1-27-16-18-30(19-17-27)44-34(26-33(43-44)38(2,3)4)42-37(46)41-32-15-9-8-14-31(32)35(28-20-24-40-25-21-28)36(45)39(22-10-11-23-39)29-12-6-5-7-13-29/h5-9,12-19,26,28,35,40H,10-11,20-25H2,1-4H3,(H2,41,42,46). The fourth-order valence-electron chi connectivity index (χ4n) is 7.37. The Morgan fingerprint density at radius 1 is 0.891 bits per heavy atom. The van der Waals surface area contributed by atoms with Crippen LogP contribution in [0.25, 0.3) is 5.69 Å². The molecule has 1 aromatic heterocycles. The molecule has 0 spiro atoms. The largest absolute Gasteiger partial charge is 0.324 e. The summed E-state index contributed by atoms with van der Waals surface area (Å²) in [5.41, 5.74) is 4.90. The van der Waals surface area contributed by atoms with Gasteiger partial charge in [-0.15, -0.1) is 0 Å². The van der Waals surface area contributed by atoms with Crippen molar-refractivity contribution in [1.82, 2.24) is 15.1 Å². The molecular formula is C39H47N5O2. The normalized spacial score (nSPS) is 17.4. The lowest BCUT2D eigenvalue weighted by Crippen LogP contribution is -2.42. The Bertz CT molecular complexity index is 1660. The first-order valence-electron chi connectivity index (χ1n) is 16.8. The van der Waals surface area contributed by atoms with Crippen LogP contribution in [-0.4, -0.2) is 34.7 Å². The number of aryl methyl sites for hydroxylation is 1. The molecule has 2 fully saturated rings. The number of anilines is 2. The van der Waals surface area contributed by atoms with Crippen molar-refractivity contribution in [2.24, 2.45) is 5.92 Å². The van der Waals surface area contributed by atoms with Gasteiger partial charge in [-0.05, 0) is 80.9 Å². The van der Waals surface area contributed by atoms with Crippen molar-refractivity contribution in [3.63, 3.8) is 0 Å². The lowest BCUT2D eigenvalue weighted by atomic mass is 9.65. The zero-order valence-corrected chi connectivity index (χ0v) is 27.6. The van der Waals surface area contributed by atoms with E-state index in [0.29, 0.717) is 17.3 Å². The number of Topliss-reactive ketones (excluding diaryl/α,β-unsaturated/α-hetero) is 1. The molecule has 1 aliphatic heterocycles. The molecule has 1 saturated carbocycles. The van der Waals surface area contributed by atoms with Crippen LogP contribution in [0.1, 0.15) is 87.6 Å². The molecule has 2 aliphatic rings. The maximum Gasteiger partial charge on any atom is 0.324 e. The van der Waals surface area contributed by atoms with E-state index in [4.69, 9.17) is 5.10 Å². The predicted molar refractivity (Wildman–Crippen MR) is 186 cm³/mol. The summed E-state index contributed by atoms with van der Waals surface area (Å²) < 4.78 is 1.79. The lowest BCUT2D eigenvalue weighted by Gasteiger charge is -2.38. The summed E-state index contributed by atoms with van der Waals surface area (Å²) >= 11 is 0. The Balaban J connectivity index is 1.34. The molecule has 3 N–H and O–H groups in total. The summed E-state index contributed by atoms with van der Waals surface area (Å²) in [5, 5.41) is 14.6. The van der Waals surface area contributed by atoms with E-state index in [2.05, 4.69) is 61.0 Å². The van der Waals surface area contributed by atoms with Gasteiger partial charge in [0, 0.05) is 23.1 Å². The minimum atomic E-state index is -0.504. The summed E-state index contributed by atoms with van der Waals surface area (Å²) in [6, 6.07) is 27.9. The molecule has 1 unspecified atom stereocenters. The molecule has 4 aromatic rings. The predicted octanol–water partition coefficient (Wildman–Crippen LogP) is 8.29. The first kappa shape index (κ1) is 31.7. The van der Waals surface area contributed by atoms with Crippen LogP contribution in [0, 0.1) is 12.8 Å². The van der Waals surface area contributed by atoms with Gasteiger partial charge in [0.15, 0.2) is 5.78 Å². The average Bonchev–Trinajstić information content (AvgIpc) is 3.72. The first-order valence-corrected chi connectivity index (χ1v) is 16.8. The minimum absolute atomic E-state index is 0.193. The van der Waals surface area contributed by atoms with Gasteiger partial charge in [-0.3, -0.25) is 10.1 Å². The molecule has 0 radical (unpaired) electrons. The van der Waals surface area contributed by atoms with Crippen LogP contribution in [0.5, 0.6) is 0 Å². The number of nitrogens with one attached hydrogen (secondary N) is 3. The summed E-state index contributed by atoms with van der Waals surface area (Å²) in [6.07, 6.45) is 5.68. The molecule has 2 amide bonds. The zero-order chi connectivity index (χ0) is 32.3. The number of rotatable bonds is 8. The zero-order valence-electron chi connectivity index (χ0n) is 27.6. The second kappa shape index (κ2) is 13.2. The molecule has 3 aromatic carbocycles. The summed E-state index contributed by atoms with van der Waals surface area (Å²) in [5.74, 6) is 0.759. The number of para-hydroxylation sites is 1. The Hall–Kier alpha value is -4.23. The number of piperidine rings is 1. The maximum atomic E-state index is 15.1. The van der Waals surface area contributed by atoms with Crippen LogP contribution in [-0.2, 0) is 15.6 Å². The molecule has 46 heavy (non-hydrogen) atoms. The third kappa shape index (κ3) is 6.52. The van der Waals surface area contributed by atoms with Gasteiger partial charge in [0.2, 0.25) is 0 Å². The fourth-order valence-corrected chi connectivity index (χ4v) is 7.37. The molecule has 7 nitrogen and oxygen atoms in total. The molecule has 0 bridgehead atoms. The highest BCUT2D eigenvalue weighted by atomic mass is 16.2. The highest BCUT2D eigenvalue weighted by Gasteiger charge is 2.48. The van der Waals surface area contributed by atoms with E-state index in [1.54, 1.807) is 4.68 Å². The smallest absolute Gasteiger partial charge is 0.317 e. The van der Waals surface area contributed by atoms with Crippen LogP contribution < -0.4 is 16.0 Å². The Morgan fingerprint density at radius 2 is 1.54 bits per heavy atom. The number of hydrogen-bond acceptors (Lipinski definition) is 4. The van der Waals surface area contributed by atoms with E-state index in [-0.39, 0.29) is 23.3 Å². The van der Waals surface area contributed by atoms with Gasteiger partial charge in [-0.2, -0.15) is 5.10 Å². The first-order chi connectivity index (χ1) is 22.2. The highest BCUT2D eigenvalue weighted by molar-refractivity contribution is 6.02. The van der Waals surface area contributed by atoms with Gasteiger partial charge in [-0.1, -0.05) is 99.8 Å². The van der Waals surface area contributed by atoms with E-state index in [0.717, 1.165) is 79.7 Å². The molecular weight excluding hydrogens is 570 g/mol. The van der Waals surface area contributed by atoms with Crippen molar-refractivity contribution in [2.45, 2.75) is 83.0 Å². The second-order valence-electron chi connectivity index (χ2n) is 14.2. The molecule has 7 heteroatoms. The fraction of sp³-hybridized carbons (Fsp3) is 0.410. The quantitative estimate of drug-likeness (QED) is 0.186. The van der Waals surface area contributed by atoms with Crippen LogP contribution in [0.15, 0.2) is 84.9 Å². The summed E-state index contributed by atoms with van der Waals surface area (Å²) in [4.78, 5) is 28.8. The van der Waals surface area contributed by atoms with E-state index in [1.807, 2.05) is 67.6 Å². The van der Waals surface area contributed by atoms with Gasteiger partial charge in [0.1, 0.15) is 5.82 Å². The molecule has 240 valence electrons. The number of amides is 2.